The molecule has 43 heavy (non-hydrogen) atoms. The molecule has 6 nitrogen and oxygen atoms in total. The summed E-state index contributed by atoms with van der Waals surface area (Å²) >= 11 is 0. The Morgan fingerprint density at radius 2 is 1.88 bits per heavy atom. The van der Waals surface area contributed by atoms with Crippen molar-refractivity contribution in [1.29, 1.82) is 0 Å². The van der Waals surface area contributed by atoms with E-state index in [2.05, 4.69) is 4.90 Å². The third kappa shape index (κ3) is 4.48. The lowest BCUT2D eigenvalue weighted by molar-refractivity contribution is -0.201. The fourth-order valence-corrected chi connectivity index (χ4v) is 8.60. The van der Waals surface area contributed by atoms with Gasteiger partial charge in [0.25, 0.3) is 0 Å². The summed E-state index contributed by atoms with van der Waals surface area (Å²) in [5, 5.41) is 23.7. The van der Waals surface area contributed by atoms with Crippen molar-refractivity contribution in [3.8, 4) is 11.5 Å². The van der Waals surface area contributed by atoms with Crippen molar-refractivity contribution in [2.75, 3.05) is 19.6 Å². The van der Waals surface area contributed by atoms with Crippen molar-refractivity contribution >= 4 is 12.0 Å². The number of aromatic hydroxyl groups is 1. The zero-order valence-electron chi connectivity index (χ0n) is 24.6. The number of hydrogen-bond acceptors (Lipinski definition) is 5. The Balaban J connectivity index is 1.23. The summed E-state index contributed by atoms with van der Waals surface area (Å²) in [6.45, 7) is 6.36. The van der Waals surface area contributed by atoms with Crippen molar-refractivity contribution < 1.29 is 32.9 Å². The molecule has 9 heteroatoms. The molecule has 2 heterocycles. The lowest BCUT2D eigenvalue weighted by Crippen LogP contribution is -2.78. The number of halogens is 3. The number of alkyl halides is 3. The summed E-state index contributed by atoms with van der Waals surface area (Å²) in [5.41, 5.74) is 0.00479. The van der Waals surface area contributed by atoms with E-state index < -0.39 is 28.9 Å². The Bertz CT molecular complexity index is 1450. The first-order chi connectivity index (χ1) is 20.4. The van der Waals surface area contributed by atoms with E-state index >= 15 is 0 Å². The number of phenolic OH excluding ortho intramolecular Hbond substituents is 1. The third-order valence-electron chi connectivity index (χ3n) is 10.6. The molecule has 3 aliphatic carbocycles. The zero-order valence-corrected chi connectivity index (χ0v) is 24.6. The lowest BCUT2D eigenvalue weighted by Gasteiger charge is -2.65. The van der Waals surface area contributed by atoms with Gasteiger partial charge in [0.15, 0.2) is 11.5 Å². The number of nitrogens with zero attached hydrogens (tertiary/aromatic N) is 2. The normalized spacial score (nSPS) is 31.3. The van der Waals surface area contributed by atoms with Crippen molar-refractivity contribution in [2.45, 2.75) is 87.8 Å². The van der Waals surface area contributed by atoms with Crippen LogP contribution in [-0.2, 0) is 22.8 Å². The van der Waals surface area contributed by atoms with E-state index in [4.69, 9.17) is 4.74 Å². The molecule has 230 valence electrons. The van der Waals surface area contributed by atoms with E-state index in [0.717, 1.165) is 36.3 Å². The molecule has 1 spiro atoms. The molecule has 0 aromatic heterocycles. The zero-order chi connectivity index (χ0) is 30.3. The van der Waals surface area contributed by atoms with E-state index in [-0.39, 0.29) is 29.7 Å². The summed E-state index contributed by atoms with van der Waals surface area (Å²) in [7, 11) is 0. The Morgan fingerprint density at radius 1 is 1.14 bits per heavy atom. The molecule has 1 saturated heterocycles. The van der Waals surface area contributed by atoms with Gasteiger partial charge in [0, 0.05) is 30.8 Å². The standard InChI is InChI=1S/C34H39F3N2O4/c1-20(2)18-39(28(41)12-7-21-5-9-24(10-6-21)34(35,36)37)25-13-14-33(42)27-17-23-8-11-26(40)30-29(23)32(33,31(25)43-30)15-16-38(27)19-22-3-4-22/h5-12,20,22,25,27,31,40,42H,3-4,13-19H2,1-2H3/t25?,27-,31?,32+,33-/m1/s1. The molecular weight excluding hydrogens is 557 g/mol. The first-order valence-corrected chi connectivity index (χ1v) is 15.6. The van der Waals surface area contributed by atoms with Crippen molar-refractivity contribution in [3.63, 3.8) is 0 Å². The molecule has 2 saturated carbocycles. The van der Waals surface area contributed by atoms with Gasteiger partial charge in [-0.2, -0.15) is 13.2 Å². The SMILES string of the molecule is CC(C)CN(C(=O)C=Cc1ccc(C(F)(F)F)cc1)C1CC[C@@]2(O)[C@H]3Cc4ccc(O)c5c4[C@@]2(CCN3CC2CC2)C1O5. The third-order valence-corrected chi connectivity index (χ3v) is 10.6. The number of ether oxygens (including phenoxy) is 1. The highest BCUT2D eigenvalue weighted by molar-refractivity contribution is 5.92. The lowest BCUT2D eigenvalue weighted by atomic mass is 9.48. The molecular formula is C34H39F3N2O4. The molecule has 2 N–H and O–H groups in total. The second kappa shape index (κ2) is 9.99. The smallest absolute Gasteiger partial charge is 0.416 e. The van der Waals surface area contributed by atoms with Crippen LogP contribution in [0.25, 0.3) is 6.08 Å². The van der Waals surface area contributed by atoms with Crippen molar-refractivity contribution in [1.82, 2.24) is 9.80 Å². The van der Waals surface area contributed by atoms with Crippen LogP contribution in [0.2, 0.25) is 0 Å². The first kappa shape index (κ1) is 28.7. The van der Waals surface area contributed by atoms with Crippen molar-refractivity contribution in [2.24, 2.45) is 11.8 Å². The number of amides is 1. The highest BCUT2D eigenvalue weighted by Gasteiger charge is 2.73. The highest BCUT2D eigenvalue weighted by Crippen LogP contribution is 2.66. The monoisotopic (exact) mass is 596 g/mol. The molecule has 1 amide bonds. The molecule has 2 aromatic carbocycles. The van der Waals surface area contributed by atoms with Crippen LogP contribution in [0.15, 0.2) is 42.5 Å². The van der Waals surface area contributed by atoms with Gasteiger partial charge < -0.3 is 19.8 Å². The van der Waals surface area contributed by atoms with Crippen LogP contribution in [0, 0.1) is 11.8 Å². The molecule has 2 aromatic rings. The van der Waals surface area contributed by atoms with Gasteiger partial charge in [0.2, 0.25) is 5.91 Å². The van der Waals surface area contributed by atoms with E-state index in [1.807, 2.05) is 24.8 Å². The maximum absolute atomic E-state index is 13.9. The average molecular weight is 597 g/mol. The van der Waals surface area contributed by atoms with Gasteiger partial charge in [-0.05, 0) is 92.3 Å². The Morgan fingerprint density at radius 3 is 2.56 bits per heavy atom. The van der Waals surface area contributed by atoms with Gasteiger partial charge in [-0.15, -0.1) is 0 Å². The van der Waals surface area contributed by atoms with Gasteiger partial charge in [0.1, 0.15) is 6.10 Å². The number of hydrogen-bond donors (Lipinski definition) is 2. The van der Waals surface area contributed by atoms with Crippen LogP contribution in [0.4, 0.5) is 13.2 Å². The van der Waals surface area contributed by atoms with E-state index in [9.17, 15) is 28.2 Å². The van der Waals surface area contributed by atoms with Gasteiger partial charge in [-0.1, -0.05) is 32.0 Å². The summed E-state index contributed by atoms with van der Waals surface area (Å²) < 4.78 is 45.8. The maximum atomic E-state index is 13.9. The first-order valence-electron chi connectivity index (χ1n) is 15.6. The van der Waals surface area contributed by atoms with Gasteiger partial charge in [-0.25, -0.2) is 0 Å². The number of carbonyl (C=O) groups excluding carboxylic acids is 1. The number of carbonyl (C=O) groups is 1. The molecule has 2 bridgehead atoms. The quantitative estimate of drug-likeness (QED) is 0.411. The van der Waals surface area contributed by atoms with Crippen LogP contribution in [0.1, 0.15) is 68.2 Å². The summed E-state index contributed by atoms with van der Waals surface area (Å²) in [4.78, 5) is 18.2. The minimum Gasteiger partial charge on any atom is -0.504 e. The molecule has 5 aliphatic rings. The minimum atomic E-state index is -4.42. The highest BCUT2D eigenvalue weighted by atomic mass is 19.4. The van der Waals surface area contributed by atoms with Crippen LogP contribution in [0.5, 0.6) is 11.5 Å². The van der Waals surface area contributed by atoms with Gasteiger partial charge in [-0.3, -0.25) is 9.69 Å². The number of benzene rings is 2. The van der Waals surface area contributed by atoms with Crippen molar-refractivity contribution in [3.05, 3.63) is 64.7 Å². The molecule has 2 aliphatic heterocycles. The van der Waals surface area contributed by atoms with Gasteiger partial charge in [0.05, 0.1) is 22.6 Å². The molecule has 5 atom stereocenters. The van der Waals surface area contributed by atoms with Gasteiger partial charge >= 0.3 is 6.18 Å². The second-order valence-corrected chi connectivity index (χ2v) is 13.7. The second-order valence-electron chi connectivity index (χ2n) is 13.7. The molecule has 0 radical (unpaired) electrons. The number of likely N-dealkylation sites (tertiary alicyclic amines) is 1. The summed E-state index contributed by atoms with van der Waals surface area (Å²) in [5.74, 6) is 1.10. The topological polar surface area (TPSA) is 73.2 Å². The van der Waals surface area contributed by atoms with E-state index in [1.54, 1.807) is 12.1 Å². The average Bonchev–Trinajstić information content (AvgIpc) is 3.70. The molecule has 2 unspecified atom stereocenters. The predicted octanol–water partition coefficient (Wildman–Crippen LogP) is 5.54. The fraction of sp³-hybridized carbons (Fsp3) is 0.559. The number of piperidine rings is 1. The number of rotatable bonds is 7. The summed E-state index contributed by atoms with van der Waals surface area (Å²) in [6, 6.07) is 8.01. The number of aliphatic hydroxyl groups is 1. The van der Waals surface area contributed by atoms with Crippen LogP contribution in [0.3, 0.4) is 0 Å². The Kier molecular flexibility index (Phi) is 6.67. The minimum absolute atomic E-state index is 0.0503. The predicted molar refractivity (Wildman–Crippen MR) is 156 cm³/mol. The molecule has 3 fully saturated rings. The van der Waals surface area contributed by atoms with Crippen LogP contribution >= 0.6 is 0 Å². The van der Waals surface area contributed by atoms with Crippen LogP contribution in [-0.4, -0.2) is 69.3 Å². The number of phenols is 1. The fourth-order valence-electron chi connectivity index (χ4n) is 8.60. The van der Waals surface area contributed by atoms with Crippen LogP contribution < -0.4 is 4.74 Å². The summed E-state index contributed by atoms with van der Waals surface area (Å²) in [6.07, 6.45) is 2.96. The Labute approximate surface area is 250 Å². The van der Waals surface area contributed by atoms with E-state index in [0.29, 0.717) is 49.5 Å². The Hall–Kier alpha value is -3.04. The largest absolute Gasteiger partial charge is 0.504 e. The van der Waals surface area contributed by atoms with E-state index in [1.165, 1.54) is 31.1 Å². The molecule has 7 rings (SSSR count). The maximum Gasteiger partial charge on any atom is 0.416 e.